The molecule has 4 nitrogen and oxygen atoms in total. The Balaban J connectivity index is 1.62. The zero-order valence-electron chi connectivity index (χ0n) is 13.7. The van der Waals surface area contributed by atoms with Crippen molar-refractivity contribution in [2.45, 2.75) is 44.6 Å². The van der Waals surface area contributed by atoms with Gasteiger partial charge in [-0.1, -0.05) is 43.2 Å². The lowest BCUT2D eigenvalue weighted by atomic mass is 9.91. The van der Waals surface area contributed by atoms with Crippen molar-refractivity contribution in [3.8, 4) is 0 Å². The van der Waals surface area contributed by atoms with Crippen LogP contribution in [-0.4, -0.2) is 15.7 Å². The molecular formula is C19H25N3O. The summed E-state index contributed by atoms with van der Waals surface area (Å²) in [6, 6.07) is 10.5. The van der Waals surface area contributed by atoms with E-state index in [1.165, 1.54) is 31.2 Å². The number of benzene rings is 1. The number of carbonyl (C=O) groups is 1. The molecule has 0 bridgehead atoms. The van der Waals surface area contributed by atoms with E-state index >= 15 is 0 Å². The molecule has 1 aliphatic rings. The van der Waals surface area contributed by atoms with Gasteiger partial charge in [0, 0.05) is 19.7 Å². The minimum atomic E-state index is 0.134. The highest BCUT2D eigenvalue weighted by Crippen LogP contribution is 2.35. The van der Waals surface area contributed by atoms with Crippen molar-refractivity contribution in [2.24, 2.45) is 13.0 Å². The third kappa shape index (κ3) is 4.21. The largest absolute Gasteiger partial charge is 0.349 e. The molecule has 0 radical (unpaired) electrons. The molecule has 1 heterocycles. The van der Waals surface area contributed by atoms with Crippen LogP contribution in [0.15, 0.2) is 42.7 Å². The molecule has 0 spiro atoms. The summed E-state index contributed by atoms with van der Waals surface area (Å²) in [6.45, 7) is 0. The average molecular weight is 311 g/mol. The third-order valence-electron chi connectivity index (χ3n) is 4.75. The molecule has 1 aromatic heterocycles. The maximum Gasteiger partial charge on any atom is 0.220 e. The summed E-state index contributed by atoms with van der Waals surface area (Å²) >= 11 is 0. The van der Waals surface area contributed by atoms with E-state index in [1.807, 2.05) is 25.5 Å². The molecule has 122 valence electrons. The molecule has 1 saturated carbocycles. The summed E-state index contributed by atoms with van der Waals surface area (Å²) < 4.78 is 1.78. The molecule has 1 amide bonds. The number of aromatic nitrogens is 2. The van der Waals surface area contributed by atoms with Crippen molar-refractivity contribution < 1.29 is 4.79 Å². The third-order valence-corrected chi connectivity index (χ3v) is 4.75. The minimum Gasteiger partial charge on any atom is -0.349 e. The van der Waals surface area contributed by atoms with E-state index in [4.69, 9.17) is 0 Å². The van der Waals surface area contributed by atoms with Crippen LogP contribution in [0.3, 0.4) is 0 Å². The number of amides is 1. The standard InChI is InChI=1S/C19H25N3O/c1-22-14-15(13-20-22)11-12-18(23)21-19(17-9-5-6-10-17)16-7-3-2-4-8-16/h2-4,7-8,13-14,17,19H,5-6,9-12H2,1H3,(H,21,23)/t19-/m1/s1. The number of rotatable bonds is 6. The van der Waals surface area contributed by atoms with Crippen molar-refractivity contribution in [1.29, 1.82) is 0 Å². The quantitative estimate of drug-likeness (QED) is 0.889. The molecule has 3 rings (SSSR count). The van der Waals surface area contributed by atoms with Gasteiger partial charge in [0.05, 0.1) is 12.2 Å². The number of hydrogen-bond acceptors (Lipinski definition) is 2. The van der Waals surface area contributed by atoms with E-state index in [2.05, 4.69) is 34.7 Å². The summed E-state index contributed by atoms with van der Waals surface area (Å²) in [5.41, 5.74) is 2.34. The van der Waals surface area contributed by atoms with Crippen molar-refractivity contribution in [2.75, 3.05) is 0 Å². The fraction of sp³-hybridized carbons (Fsp3) is 0.474. The molecule has 1 aromatic carbocycles. The fourth-order valence-electron chi connectivity index (χ4n) is 3.53. The van der Waals surface area contributed by atoms with Crippen LogP contribution in [0.5, 0.6) is 0 Å². The highest BCUT2D eigenvalue weighted by molar-refractivity contribution is 5.76. The second kappa shape index (κ2) is 7.44. The van der Waals surface area contributed by atoms with Gasteiger partial charge in [0.25, 0.3) is 0 Å². The Morgan fingerprint density at radius 3 is 2.70 bits per heavy atom. The van der Waals surface area contributed by atoms with Crippen LogP contribution >= 0.6 is 0 Å². The Morgan fingerprint density at radius 1 is 1.30 bits per heavy atom. The summed E-state index contributed by atoms with van der Waals surface area (Å²) in [5.74, 6) is 0.703. The predicted molar refractivity (Wildman–Crippen MR) is 90.8 cm³/mol. The smallest absolute Gasteiger partial charge is 0.220 e. The summed E-state index contributed by atoms with van der Waals surface area (Å²) in [5, 5.41) is 7.44. The Hall–Kier alpha value is -2.10. The Labute approximate surface area is 137 Å². The Kier molecular flexibility index (Phi) is 5.11. The van der Waals surface area contributed by atoms with E-state index in [9.17, 15) is 4.79 Å². The van der Waals surface area contributed by atoms with Gasteiger partial charge in [-0.25, -0.2) is 0 Å². The Morgan fingerprint density at radius 2 is 2.04 bits per heavy atom. The van der Waals surface area contributed by atoms with E-state index in [0.29, 0.717) is 12.3 Å². The summed E-state index contributed by atoms with van der Waals surface area (Å²) in [4.78, 5) is 12.4. The Bertz CT molecular complexity index is 629. The van der Waals surface area contributed by atoms with Gasteiger partial charge in [-0.3, -0.25) is 9.48 Å². The lowest BCUT2D eigenvalue weighted by Gasteiger charge is -2.25. The van der Waals surface area contributed by atoms with Gasteiger partial charge < -0.3 is 5.32 Å². The highest BCUT2D eigenvalue weighted by Gasteiger charge is 2.27. The van der Waals surface area contributed by atoms with E-state index < -0.39 is 0 Å². The van der Waals surface area contributed by atoms with Crippen LogP contribution in [0.4, 0.5) is 0 Å². The van der Waals surface area contributed by atoms with Gasteiger partial charge in [-0.15, -0.1) is 0 Å². The molecule has 4 heteroatoms. The predicted octanol–water partition coefficient (Wildman–Crippen LogP) is 3.40. The van der Waals surface area contributed by atoms with Gasteiger partial charge in [-0.05, 0) is 36.3 Å². The van der Waals surface area contributed by atoms with Gasteiger partial charge in [0.1, 0.15) is 0 Å². The van der Waals surface area contributed by atoms with Crippen molar-refractivity contribution in [3.63, 3.8) is 0 Å². The highest BCUT2D eigenvalue weighted by atomic mass is 16.1. The SMILES string of the molecule is Cn1cc(CCC(=O)N[C@H](c2ccccc2)C2CCCC2)cn1. The number of nitrogens with zero attached hydrogens (tertiary/aromatic N) is 2. The molecule has 23 heavy (non-hydrogen) atoms. The van der Waals surface area contributed by atoms with Crippen LogP contribution < -0.4 is 5.32 Å². The van der Waals surface area contributed by atoms with E-state index in [1.54, 1.807) is 4.68 Å². The van der Waals surface area contributed by atoms with E-state index in [0.717, 1.165) is 12.0 Å². The minimum absolute atomic E-state index is 0.134. The maximum atomic E-state index is 12.4. The number of carbonyl (C=O) groups excluding carboxylic acids is 1. The van der Waals surface area contributed by atoms with Crippen LogP contribution in [0.1, 0.15) is 49.3 Å². The molecule has 1 aliphatic carbocycles. The van der Waals surface area contributed by atoms with E-state index in [-0.39, 0.29) is 11.9 Å². The first-order valence-electron chi connectivity index (χ1n) is 8.54. The fourth-order valence-corrected chi connectivity index (χ4v) is 3.53. The first-order chi connectivity index (χ1) is 11.2. The monoisotopic (exact) mass is 311 g/mol. The average Bonchev–Trinajstić information content (AvgIpc) is 3.23. The van der Waals surface area contributed by atoms with Crippen molar-refractivity contribution in [3.05, 3.63) is 53.9 Å². The van der Waals surface area contributed by atoms with Gasteiger partial charge in [0.2, 0.25) is 5.91 Å². The molecule has 0 unspecified atom stereocenters. The molecule has 2 aromatic rings. The summed E-state index contributed by atoms with van der Waals surface area (Å²) in [6.07, 6.45) is 10.0. The maximum absolute atomic E-state index is 12.4. The van der Waals surface area contributed by atoms with Crippen molar-refractivity contribution >= 4 is 5.91 Å². The first-order valence-corrected chi connectivity index (χ1v) is 8.54. The number of hydrogen-bond donors (Lipinski definition) is 1. The molecule has 0 saturated heterocycles. The lowest BCUT2D eigenvalue weighted by Crippen LogP contribution is -2.32. The topological polar surface area (TPSA) is 46.9 Å². The van der Waals surface area contributed by atoms with Crippen LogP contribution in [0.2, 0.25) is 0 Å². The number of aryl methyl sites for hydroxylation is 2. The molecule has 1 N–H and O–H groups in total. The molecule has 1 fully saturated rings. The normalized spacial score (nSPS) is 16.4. The zero-order chi connectivity index (χ0) is 16.1. The molecule has 1 atom stereocenters. The van der Waals surface area contributed by atoms with Gasteiger partial charge in [-0.2, -0.15) is 5.10 Å². The lowest BCUT2D eigenvalue weighted by molar-refractivity contribution is -0.122. The second-order valence-corrected chi connectivity index (χ2v) is 6.52. The van der Waals surface area contributed by atoms with Crippen LogP contribution in [0, 0.1) is 5.92 Å². The molecule has 0 aliphatic heterocycles. The number of nitrogens with one attached hydrogen (secondary N) is 1. The molecular weight excluding hydrogens is 286 g/mol. The van der Waals surface area contributed by atoms with Crippen LogP contribution in [-0.2, 0) is 18.3 Å². The van der Waals surface area contributed by atoms with Crippen molar-refractivity contribution in [1.82, 2.24) is 15.1 Å². The van der Waals surface area contributed by atoms with Gasteiger partial charge in [0.15, 0.2) is 0 Å². The second-order valence-electron chi connectivity index (χ2n) is 6.52. The first kappa shape index (κ1) is 15.8. The zero-order valence-corrected chi connectivity index (χ0v) is 13.7. The summed E-state index contributed by atoms with van der Waals surface area (Å²) in [7, 11) is 1.90. The van der Waals surface area contributed by atoms with Crippen LogP contribution in [0.25, 0.3) is 0 Å². The van der Waals surface area contributed by atoms with Gasteiger partial charge >= 0.3 is 0 Å².